The van der Waals surface area contributed by atoms with E-state index in [0.717, 1.165) is 43.4 Å². The van der Waals surface area contributed by atoms with Gasteiger partial charge in [0, 0.05) is 60.9 Å². The second kappa shape index (κ2) is 12.1. The molecule has 218 valence electrons. The first-order valence-corrected chi connectivity index (χ1v) is 14.2. The summed E-state index contributed by atoms with van der Waals surface area (Å²) < 4.78 is 20.7. The van der Waals surface area contributed by atoms with E-state index in [1.807, 2.05) is 41.1 Å². The lowest BCUT2D eigenvalue weighted by Crippen LogP contribution is -2.46. The van der Waals surface area contributed by atoms with E-state index in [-0.39, 0.29) is 11.8 Å². The minimum Gasteiger partial charge on any atom is -0.491 e. The molecule has 4 aromatic rings. The molecule has 0 spiro atoms. The highest BCUT2D eigenvalue weighted by Crippen LogP contribution is 2.40. The van der Waals surface area contributed by atoms with E-state index in [9.17, 15) is 10.1 Å². The Morgan fingerprint density at radius 3 is 2.50 bits per heavy atom. The van der Waals surface area contributed by atoms with E-state index >= 15 is 0 Å². The molecule has 0 amide bonds. The van der Waals surface area contributed by atoms with Gasteiger partial charge in [0.15, 0.2) is 0 Å². The van der Waals surface area contributed by atoms with Crippen LogP contribution in [0.4, 0.5) is 17.2 Å². The molecule has 2 aliphatic rings. The summed E-state index contributed by atoms with van der Waals surface area (Å²) in [6.45, 7) is 4.14. The predicted octanol–water partition coefficient (Wildman–Crippen LogP) is 5.17. The summed E-state index contributed by atoms with van der Waals surface area (Å²) in [5.41, 5.74) is 1.78. The van der Waals surface area contributed by atoms with E-state index in [0.29, 0.717) is 35.4 Å². The highest BCUT2D eigenvalue weighted by molar-refractivity contribution is 6.35. The minimum atomic E-state index is -1.10. The zero-order valence-corrected chi connectivity index (χ0v) is 24.0. The third-order valence-corrected chi connectivity index (χ3v) is 7.88. The van der Waals surface area contributed by atoms with Crippen LogP contribution in [-0.2, 0) is 21.8 Å². The molecule has 0 bridgehead atoms. The van der Waals surface area contributed by atoms with Gasteiger partial charge in [-0.15, -0.1) is 0 Å². The summed E-state index contributed by atoms with van der Waals surface area (Å²) in [5.74, 6) is 0.369. The SMILES string of the molecule is O=[N+]([O-])c1ccc(N2CCN(c3ccc(OCC4COC(Cn5ccnc5)(c5ccc(Cl)cc5Cl)O4)cc3)CC2)nc1. The molecular weight excluding hydrogens is 583 g/mol. The summed E-state index contributed by atoms with van der Waals surface area (Å²) in [7, 11) is 0. The van der Waals surface area contributed by atoms with Crippen LogP contribution in [0.25, 0.3) is 0 Å². The topological polar surface area (TPSA) is 108 Å². The third-order valence-electron chi connectivity index (χ3n) is 7.34. The van der Waals surface area contributed by atoms with Gasteiger partial charge in [-0.2, -0.15) is 0 Å². The van der Waals surface area contributed by atoms with Gasteiger partial charge in [-0.1, -0.05) is 29.3 Å². The van der Waals surface area contributed by atoms with Crippen molar-refractivity contribution >= 4 is 40.4 Å². The van der Waals surface area contributed by atoms with Gasteiger partial charge >= 0.3 is 0 Å². The number of hydrogen-bond acceptors (Lipinski definition) is 9. The van der Waals surface area contributed by atoms with Crippen LogP contribution in [0.3, 0.4) is 0 Å². The predicted molar refractivity (Wildman–Crippen MR) is 158 cm³/mol. The molecule has 0 aliphatic carbocycles. The molecule has 2 unspecified atom stereocenters. The maximum Gasteiger partial charge on any atom is 0.287 e. The van der Waals surface area contributed by atoms with Crippen molar-refractivity contribution in [2.45, 2.75) is 18.4 Å². The Morgan fingerprint density at radius 1 is 1.05 bits per heavy atom. The number of benzene rings is 2. The number of nitro groups is 1. The summed E-state index contributed by atoms with van der Waals surface area (Å²) in [6, 6.07) is 16.4. The Hall–Kier alpha value is -3.90. The standard InChI is InChI=1S/C29H28Cl2N6O5/c30-21-1-7-26(27(31)15-21)29(19-34-10-9-32-20-34)41-18-25(42-29)17-40-24-5-2-22(3-6-24)35-11-13-36(14-12-35)28-8-4-23(16-33-28)37(38)39/h1-10,15-16,20,25H,11-14,17-19H2. The highest BCUT2D eigenvalue weighted by atomic mass is 35.5. The fourth-order valence-corrected chi connectivity index (χ4v) is 5.74. The van der Waals surface area contributed by atoms with Crippen LogP contribution in [0.2, 0.25) is 10.0 Å². The van der Waals surface area contributed by atoms with Crippen molar-refractivity contribution in [3.63, 3.8) is 0 Å². The lowest BCUT2D eigenvalue weighted by molar-refractivity contribution is -0.385. The molecular formula is C29H28Cl2N6O5. The number of halogens is 2. The van der Waals surface area contributed by atoms with Crippen molar-refractivity contribution < 1.29 is 19.1 Å². The molecule has 42 heavy (non-hydrogen) atoms. The van der Waals surface area contributed by atoms with Crippen molar-refractivity contribution in [2.24, 2.45) is 0 Å². The molecule has 2 aromatic carbocycles. The number of imidazole rings is 1. The van der Waals surface area contributed by atoms with Gasteiger partial charge in [0.1, 0.15) is 30.5 Å². The number of nitrogens with zero attached hydrogens (tertiary/aromatic N) is 6. The van der Waals surface area contributed by atoms with Crippen LogP contribution in [0.5, 0.6) is 5.75 Å². The lowest BCUT2D eigenvalue weighted by Gasteiger charge is -2.36. The van der Waals surface area contributed by atoms with Gasteiger partial charge in [-0.25, -0.2) is 9.97 Å². The van der Waals surface area contributed by atoms with Crippen LogP contribution in [-0.4, -0.2) is 65.0 Å². The Labute approximate surface area is 252 Å². The second-order valence-corrected chi connectivity index (χ2v) is 10.9. The van der Waals surface area contributed by atoms with Gasteiger partial charge < -0.3 is 28.6 Å². The summed E-state index contributed by atoms with van der Waals surface area (Å²) in [5, 5.41) is 11.9. The Kier molecular flexibility index (Phi) is 8.16. The van der Waals surface area contributed by atoms with Crippen LogP contribution >= 0.6 is 23.2 Å². The lowest BCUT2D eigenvalue weighted by atomic mass is 10.1. The van der Waals surface area contributed by atoms with Crippen molar-refractivity contribution in [2.75, 3.05) is 49.2 Å². The molecule has 2 aliphatic heterocycles. The molecule has 2 aromatic heterocycles. The molecule has 4 heterocycles. The fraction of sp³-hybridized carbons (Fsp3) is 0.310. The quantitative estimate of drug-likeness (QED) is 0.187. The summed E-state index contributed by atoms with van der Waals surface area (Å²) in [4.78, 5) is 23.3. The zero-order chi connectivity index (χ0) is 29.1. The number of hydrogen-bond donors (Lipinski definition) is 0. The first kappa shape index (κ1) is 28.2. The first-order chi connectivity index (χ1) is 20.4. The molecule has 2 fully saturated rings. The van der Waals surface area contributed by atoms with Crippen LogP contribution in [0.15, 0.2) is 79.5 Å². The number of pyridine rings is 1. The highest BCUT2D eigenvalue weighted by Gasteiger charge is 2.45. The van der Waals surface area contributed by atoms with E-state index in [2.05, 4.69) is 19.8 Å². The normalized spacial score (nSPS) is 20.6. The monoisotopic (exact) mass is 610 g/mol. The Morgan fingerprint density at radius 2 is 1.83 bits per heavy atom. The van der Waals surface area contributed by atoms with Crippen molar-refractivity contribution in [3.05, 3.63) is 105 Å². The van der Waals surface area contributed by atoms with Gasteiger partial charge in [-0.3, -0.25) is 10.1 Å². The summed E-state index contributed by atoms with van der Waals surface area (Å²) in [6.07, 6.45) is 6.23. The maximum absolute atomic E-state index is 10.9. The van der Waals surface area contributed by atoms with Crippen LogP contribution < -0.4 is 14.5 Å². The van der Waals surface area contributed by atoms with E-state index in [1.165, 1.54) is 12.3 Å². The molecule has 13 heteroatoms. The number of aromatic nitrogens is 3. The molecule has 11 nitrogen and oxygen atoms in total. The molecule has 0 N–H and O–H groups in total. The molecule has 0 radical (unpaired) electrons. The largest absolute Gasteiger partial charge is 0.491 e. The Bertz CT molecular complexity index is 1510. The maximum atomic E-state index is 10.9. The fourth-order valence-electron chi connectivity index (χ4n) is 5.18. The van der Waals surface area contributed by atoms with E-state index < -0.39 is 10.7 Å². The number of rotatable bonds is 9. The smallest absolute Gasteiger partial charge is 0.287 e. The van der Waals surface area contributed by atoms with Gasteiger partial charge in [0.05, 0.1) is 29.4 Å². The molecule has 6 rings (SSSR count). The minimum absolute atomic E-state index is 0.00789. The molecule has 2 saturated heterocycles. The van der Waals surface area contributed by atoms with Crippen LogP contribution in [0, 0.1) is 10.1 Å². The van der Waals surface area contributed by atoms with E-state index in [4.69, 9.17) is 37.4 Å². The van der Waals surface area contributed by atoms with E-state index in [1.54, 1.807) is 30.7 Å². The first-order valence-electron chi connectivity index (χ1n) is 13.4. The molecule has 0 saturated carbocycles. The third kappa shape index (κ3) is 6.14. The van der Waals surface area contributed by atoms with Crippen molar-refractivity contribution in [1.29, 1.82) is 0 Å². The number of anilines is 2. The Balaban J connectivity index is 1.04. The van der Waals surface area contributed by atoms with Crippen LogP contribution in [0.1, 0.15) is 5.56 Å². The van der Waals surface area contributed by atoms with Gasteiger partial charge in [-0.05, 0) is 42.5 Å². The average Bonchev–Trinajstić information content (AvgIpc) is 3.67. The molecule has 2 atom stereocenters. The zero-order valence-electron chi connectivity index (χ0n) is 22.5. The number of piperazine rings is 1. The number of ether oxygens (including phenoxy) is 3. The van der Waals surface area contributed by atoms with Crippen molar-refractivity contribution in [3.8, 4) is 5.75 Å². The van der Waals surface area contributed by atoms with Gasteiger partial charge in [0.2, 0.25) is 5.79 Å². The average molecular weight is 611 g/mol. The van der Waals surface area contributed by atoms with Gasteiger partial charge in [0.25, 0.3) is 5.69 Å². The second-order valence-electron chi connectivity index (χ2n) is 10.1. The summed E-state index contributed by atoms with van der Waals surface area (Å²) >= 11 is 12.7. The van der Waals surface area contributed by atoms with Crippen molar-refractivity contribution in [1.82, 2.24) is 14.5 Å².